The molecule has 1 aliphatic heterocycles. The number of aromatic nitrogens is 3. The number of nitrogens with one attached hydrogen (secondary N) is 1. The fourth-order valence-electron chi connectivity index (χ4n) is 4.76. The van der Waals surface area contributed by atoms with Crippen LogP contribution in [0.3, 0.4) is 0 Å². The molecule has 2 aliphatic rings. The number of rotatable bonds is 6. The van der Waals surface area contributed by atoms with Crippen molar-refractivity contribution >= 4 is 5.82 Å². The van der Waals surface area contributed by atoms with E-state index in [0.717, 1.165) is 55.5 Å². The van der Waals surface area contributed by atoms with Gasteiger partial charge in [-0.2, -0.15) is 0 Å². The van der Waals surface area contributed by atoms with Crippen molar-refractivity contribution in [1.29, 1.82) is 0 Å². The molecule has 0 unspecified atom stereocenters. The van der Waals surface area contributed by atoms with Crippen LogP contribution in [0.15, 0.2) is 30.5 Å². The standard InChI is InChI=1S/C22H31N5O/c1-17-25-20(19-7-3-6-12-23-19)15-21(26-17)24-16-22(10-4-5-11-22)27-13-8-18(28-2)9-14-27/h3,6-7,12,15,18H,4-5,8-11,13-14,16H2,1-2H3,(H,24,25,26). The highest BCUT2D eigenvalue weighted by molar-refractivity contribution is 5.58. The summed E-state index contributed by atoms with van der Waals surface area (Å²) in [6, 6.07) is 7.93. The maximum Gasteiger partial charge on any atom is 0.130 e. The number of piperidine rings is 1. The minimum atomic E-state index is 0.239. The van der Waals surface area contributed by atoms with Crippen molar-refractivity contribution in [2.24, 2.45) is 0 Å². The summed E-state index contributed by atoms with van der Waals surface area (Å²) in [4.78, 5) is 16.3. The first-order valence-electron chi connectivity index (χ1n) is 10.5. The Morgan fingerprint density at radius 1 is 1.14 bits per heavy atom. The molecule has 0 aromatic carbocycles. The summed E-state index contributed by atoms with van der Waals surface area (Å²) in [6.45, 7) is 5.13. The molecule has 0 bridgehead atoms. The Labute approximate surface area is 167 Å². The van der Waals surface area contributed by atoms with Crippen LogP contribution in [-0.4, -0.2) is 58.2 Å². The van der Waals surface area contributed by atoms with Crippen molar-refractivity contribution in [3.8, 4) is 11.4 Å². The Kier molecular flexibility index (Phi) is 5.87. The van der Waals surface area contributed by atoms with Gasteiger partial charge in [-0.05, 0) is 44.7 Å². The summed E-state index contributed by atoms with van der Waals surface area (Å²) in [5.74, 6) is 1.67. The van der Waals surface area contributed by atoms with E-state index >= 15 is 0 Å². The Hall–Kier alpha value is -2.05. The minimum Gasteiger partial charge on any atom is -0.381 e. The number of methoxy groups -OCH3 is 1. The first-order chi connectivity index (χ1) is 13.7. The van der Waals surface area contributed by atoms with Gasteiger partial charge in [0.15, 0.2) is 0 Å². The van der Waals surface area contributed by atoms with Crippen LogP contribution in [-0.2, 0) is 4.74 Å². The number of pyridine rings is 1. The fraction of sp³-hybridized carbons (Fsp3) is 0.591. The van der Waals surface area contributed by atoms with E-state index in [2.05, 4.69) is 25.2 Å². The van der Waals surface area contributed by atoms with Gasteiger partial charge in [-0.1, -0.05) is 18.9 Å². The van der Waals surface area contributed by atoms with Gasteiger partial charge in [0.2, 0.25) is 0 Å². The van der Waals surface area contributed by atoms with Crippen molar-refractivity contribution in [2.45, 2.75) is 57.1 Å². The van der Waals surface area contributed by atoms with E-state index in [1.807, 2.05) is 38.3 Å². The zero-order chi connectivity index (χ0) is 19.4. The molecule has 1 aliphatic carbocycles. The molecule has 0 radical (unpaired) electrons. The first-order valence-corrected chi connectivity index (χ1v) is 10.5. The normalized spacial score (nSPS) is 20.4. The Bertz CT molecular complexity index is 768. The van der Waals surface area contributed by atoms with Crippen LogP contribution in [0.5, 0.6) is 0 Å². The maximum atomic E-state index is 5.57. The van der Waals surface area contributed by atoms with Crippen LogP contribution < -0.4 is 5.32 Å². The predicted molar refractivity (Wildman–Crippen MR) is 111 cm³/mol. The molecule has 1 N–H and O–H groups in total. The zero-order valence-corrected chi connectivity index (χ0v) is 17.0. The SMILES string of the molecule is COC1CCN(C2(CNc3cc(-c4ccccn4)nc(C)n3)CCCC2)CC1. The molecule has 28 heavy (non-hydrogen) atoms. The number of hydrogen-bond donors (Lipinski definition) is 1. The number of hydrogen-bond acceptors (Lipinski definition) is 6. The number of nitrogens with zero attached hydrogens (tertiary/aromatic N) is 4. The molecule has 2 aromatic heterocycles. The van der Waals surface area contributed by atoms with Gasteiger partial charge in [0.25, 0.3) is 0 Å². The molecule has 0 spiro atoms. The van der Waals surface area contributed by atoms with E-state index in [9.17, 15) is 0 Å². The number of likely N-dealkylation sites (tertiary alicyclic amines) is 1. The third kappa shape index (κ3) is 4.18. The van der Waals surface area contributed by atoms with Crippen molar-refractivity contribution in [1.82, 2.24) is 19.9 Å². The first kappa shape index (κ1) is 19.3. The van der Waals surface area contributed by atoms with Crippen LogP contribution >= 0.6 is 0 Å². The second-order valence-corrected chi connectivity index (χ2v) is 8.11. The van der Waals surface area contributed by atoms with Crippen LogP contribution in [0.4, 0.5) is 5.82 Å². The summed E-state index contributed by atoms with van der Waals surface area (Å²) >= 11 is 0. The number of ether oxygens (including phenoxy) is 1. The number of anilines is 1. The van der Waals surface area contributed by atoms with E-state index in [1.54, 1.807) is 6.20 Å². The third-order valence-electron chi connectivity index (χ3n) is 6.34. The molecule has 0 amide bonds. The van der Waals surface area contributed by atoms with E-state index in [1.165, 1.54) is 25.7 Å². The Balaban J connectivity index is 1.48. The lowest BCUT2D eigenvalue weighted by molar-refractivity contribution is 0.00111. The van der Waals surface area contributed by atoms with Gasteiger partial charge in [0, 0.05) is 44.5 Å². The largest absolute Gasteiger partial charge is 0.381 e. The predicted octanol–water partition coefficient (Wildman–Crippen LogP) is 3.68. The average Bonchev–Trinajstić information content (AvgIpc) is 3.23. The maximum absolute atomic E-state index is 5.57. The fourth-order valence-corrected chi connectivity index (χ4v) is 4.76. The second-order valence-electron chi connectivity index (χ2n) is 8.11. The van der Waals surface area contributed by atoms with Crippen molar-refractivity contribution < 1.29 is 4.74 Å². The van der Waals surface area contributed by atoms with Crippen molar-refractivity contribution in [3.63, 3.8) is 0 Å². The molecule has 150 valence electrons. The van der Waals surface area contributed by atoms with Gasteiger partial charge in [-0.25, -0.2) is 9.97 Å². The van der Waals surface area contributed by atoms with E-state index in [-0.39, 0.29) is 5.54 Å². The van der Waals surface area contributed by atoms with Gasteiger partial charge < -0.3 is 10.1 Å². The molecule has 6 heteroatoms. The van der Waals surface area contributed by atoms with Gasteiger partial charge in [0.05, 0.1) is 17.5 Å². The van der Waals surface area contributed by atoms with E-state index in [4.69, 9.17) is 4.74 Å². The van der Waals surface area contributed by atoms with E-state index in [0.29, 0.717) is 6.10 Å². The highest BCUT2D eigenvalue weighted by atomic mass is 16.5. The molecule has 2 fully saturated rings. The lowest BCUT2D eigenvalue weighted by Crippen LogP contribution is -2.55. The third-order valence-corrected chi connectivity index (χ3v) is 6.34. The number of aryl methyl sites for hydroxylation is 1. The van der Waals surface area contributed by atoms with Gasteiger partial charge >= 0.3 is 0 Å². The molecule has 3 heterocycles. The summed E-state index contributed by atoms with van der Waals surface area (Å²) in [6.07, 6.45) is 9.64. The van der Waals surface area contributed by atoms with Crippen molar-refractivity contribution in [2.75, 3.05) is 32.1 Å². The van der Waals surface area contributed by atoms with Crippen molar-refractivity contribution in [3.05, 3.63) is 36.3 Å². The van der Waals surface area contributed by atoms with Gasteiger partial charge in [-0.15, -0.1) is 0 Å². The molecule has 0 atom stereocenters. The van der Waals surface area contributed by atoms with E-state index < -0.39 is 0 Å². The Morgan fingerprint density at radius 2 is 1.93 bits per heavy atom. The molecule has 1 saturated heterocycles. The van der Waals surface area contributed by atoms with Crippen LogP contribution in [0.25, 0.3) is 11.4 Å². The smallest absolute Gasteiger partial charge is 0.130 e. The summed E-state index contributed by atoms with van der Waals surface area (Å²) in [5, 5.41) is 3.65. The highest BCUT2D eigenvalue weighted by Gasteiger charge is 2.40. The van der Waals surface area contributed by atoms with Gasteiger partial charge in [0.1, 0.15) is 11.6 Å². The molecule has 1 saturated carbocycles. The lowest BCUT2D eigenvalue weighted by atomic mass is 9.91. The molecular weight excluding hydrogens is 350 g/mol. The van der Waals surface area contributed by atoms with Crippen LogP contribution in [0, 0.1) is 6.92 Å². The second kappa shape index (κ2) is 8.53. The lowest BCUT2D eigenvalue weighted by Gasteiger charge is -2.45. The zero-order valence-electron chi connectivity index (χ0n) is 17.0. The summed E-state index contributed by atoms with van der Waals surface area (Å²) < 4.78 is 5.57. The van der Waals surface area contributed by atoms with Crippen LogP contribution in [0.2, 0.25) is 0 Å². The molecule has 2 aromatic rings. The quantitative estimate of drug-likeness (QED) is 0.823. The molecular formula is C22H31N5O. The monoisotopic (exact) mass is 381 g/mol. The summed E-state index contributed by atoms with van der Waals surface area (Å²) in [5.41, 5.74) is 1.99. The molecule has 4 rings (SSSR count). The Morgan fingerprint density at radius 3 is 2.61 bits per heavy atom. The minimum absolute atomic E-state index is 0.239. The topological polar surface area (TPSA) is 63.2 Å². The van der Waals surface area contributed by atoms with Crippen LogP contribution in [0.1, 0.15) is 44.3 Å². The molecule has 6 nitrogen and oxygen atoms in total. The highest BCUT2D eigenvalue weighted by Crippen LogP contribution is 2.37. The summed E-state index contributed by atoms with van der Waals surface area (Å²) in [7, 11) is 1.84. The average molecular weight is 382 g/mol. The van der Waals surface area contributed by atoms with Gasteiger partial charge in [-0.3, -0.25) is 9.88 Å².